The van der Waals surface area contributed by atoms with Crippen LogP contribution in [0.2, 0.25) is 0 Å². The third kappa shape index (κ3) is 4.43. The summed E-state index contributed by atoms with van der Waals surface area (Å²) in [6.45, 7) is 6.01. The molecule has 2 heterocycles. The third-order valence-corrected chi connectivity index (χ3v) is 6.82. The van der Waals surface area contributed by atoms with Gasteiger partial charge in [-0.15, -0.1) is 11.3 Å². The summed E-state index contributed by atoms with van der Waals surface area (Å²) in [5, 5.41) is 2.39. The highest BCUT2D eigenvalue weighted by atomic mass is 32.2. The Balaban J connectivity index is 1.70. The van der Waals surface area contributed by atoms with E-state index < -0.39 is 0 Å². The van der Waals surface area contributed by atoms with Gasteiger partial charge in [-0.05, 0) is 73.2 Å². The minimum Gasteiger partial charge on any atom is -0.315 e. The minimum absolute atomic E-state index is 0.0535. The molecular formula is C24H23N3O2S2. The molecule has 2 aromatic heterocycles. The lowest BCUT2D eigenvalue weighted by molar-refractivity contribution is -0.115. The van der Waals surface area contributed by atoms with E-state index in [4.69, 9.17) is 4.98 Å². The van der Waals surface area contributed by atoms with Crippen LogP contribution < -0.4 is 10.5 Å². The first-order valence-electron chi connectivity index (χ1n) is 9.88. The van der Waals surface area contributed by atoms with E-state index in [-0.39, 0.29) is 17.2 Å². The fourth-order valence-electron chi connectivity index (χ4n) is 3.50. The SMILES string of the molecule is Cc1cccc(N(C)C(=O)CSc2nc3ccsc3c(=O)n2-c2cc(C)cc(C)c2)c1. The number of benzene rings is 2. The summed E-state index contributed by atoms with van der Waals surface area (Å²) in [7, 11) is 1.77. The number of thioether (sulfide) groups is 1. The highest BCUT2D eigenvalue weighted by Gasteiger charge is 2.18. The largest absolute Gasteiger partial charge is 0.315 e. The first kappa shape index (κ1) is 21.3. The van der Waals surface area contributed by atoms with Crippen molar-refractivity contribution in [3.63, 3.8) is 0 Å². The maximum atomic E-state index is 13.3. The van der Waals surface area contributed by atoms with E-state index in [0.29, 0.717) is 15.4 Å². The molecule has 0 aliphatic heterocycles. The van der Waals surface area contributed by atoms with Gasteiger partial charge in [-0.1, -0.05) is 30.0 Å². The van der Waals surface area contributed by atoms with E-state index >= 15 is 0 Å². The molecule has 0 saturated carbocycles. The van der Waals surface area contributed by atoms with Crippen LogP contribution in [-0.2, 0) is 4.79 Å². The maximum absolute atomic E-state index is 13.3. The van der Waals surface area contributed by atoms with Gasteiger partial charge < -0.3 is 4.90 Å². The predicted octanol–water partition coefficient (Wildman–Crippen LogP) is 5.13. The lowest BCUT2D eigenvalue weighted by Crippen LogP contribution is -2.28. The highest BCUT2D eigenvalue weighted by molar-refractivity contribution is 7.99. The Bertz CT molecular complexity index is 1320. The number of carbonyl (C=O) groups excluding carboxylic acids is 1. The molecule has 158 valence electrons. The molecule has 0 saturated heterocycles. The maximum Gasteiger partial charge on any atom is 0.276 e. The standard InChI is InChI=1S/C24H23N3O2S2/c1-15-6-5-7-18(11-15)26(4)21(28)14-31-24-25-20-8-9-30-22(20)23(29)27(24)19-12-16(2)10-17(3)13-19/h5-13H,14H2,1-4H3. The normalized spacial score (nSPS) is 11.1. The van der Waals surface area contributed by atoms with Crippen molar-refractivity contribution >= 4 is 44.9 Å². The number of hydrogen-bond acceptors (Lipinski definition) is 5. The molecule has 2 aromatic carbocycles. The molecule has 0 spiro atoms. The Kier molecular flexibility index (Phi) is 5.98. The first-order chi connectivity index (χ1) is 14.8. The first-order valence-corrected chi connectivity index (χ1v) is 11.7. The molecule has 4 rings (SSSR count). The van der Waals surface area contributed by atoms with Gasteiger partial charge in [0.15, 0.2) is 5.16 Å². The number of carbonyl (C=O) groups is 1. The Morgan fingerprint density at radius 1 is 1.06 bits per heavy atom. The van der Waals surface area contributed by atoms with E-state index in [1.165, 1.54) is 23.1 Å². The molecule has 0 radical (unpaired) electrons. The number of rotatable bonds is 5. The van der Waals surface area contributed by atoms with Crippen molar-refractivity contribution in [2.75, 3.05) is 17.7 Å². The van der Waals surface area contributed by atoms with Gasteiger partial charge in [0.1, 0.15) is 4.70 Å². The number of anilines is 1. The highest BCUT2D eigenvalue weighted by Crippen LogP contribution is 2.25. The molecule has 31 heavy (non-hydrogen) atoms. The van der Waals surface area contributed by atoms with Gasteiger partial charge in [-0.2, -0.15) is 0 Å². The Morgan fingerprint density at radius 2 is 1.81 bits per heavy atom. The number of fused-ring (bicyclic) bond motifs is 1. The monoisotopic (exact) mass is 449 g/mol. The lowest BCUT2D eigenvalue weighted by Gasteiger charge is -2.18. The molecule has 1 amide bonds. The van der Waals surface area contributed by atoms with Gasteiger partial charge in [0.25, 0.3) is 5.56 Å². The van der Waals surface area contributed by atoms with Crippen LogP contribution in [-0.4, -0.2) is 28.3 Å². The van der Waals surface area contributed by atoms with Crippen molar-refractivity contribution < 1.29 is 4.79 Å². The van der Waals surface area contributed by atoms with Crippen molar-refractivity contribution in [2.45, 2.75) is 25.9 Å². The van der Waals surface area contributed by atoms with Crippen LogP contribution in [0.5, 0.6) is 0 Å². The number of aryl methyl sites for hydroxylation is 3. The predicted molar refractivity (Wildman–Crippen MR) is 130 cm³/mol. The van der Waals surface area contributed by atoms with E-state index in [1.54, 1.807) is 16.5 Å². The van der Waals surface area contributed by atoms with E-state index in [1.807, 2.05) is 68.6 Å². The topological polar surface area (TPSA) is 55.2 Å². The average Bonchev–Trinajstić information content (AvgIpc) is 3.19. The van der Waals surface area contributed by atoms with Crippen LogP contribution in [0.25, 0.3) is 15.9 Å². The molecule has 0 fully saturated rings. The molecule has 4 aromatic rings. The molecule has 0 aliphatic carbocycles. The molecule has 0 unspecified atom stereocenters. The van der Waals surface area contributed by atoms with Crippen molar-refractivity contribution in [3.8, 4) is 5.69 Å². The van der Waals surface area contributed by atoms with Crippen LogP contribution in [0.1, 0.15) is 16.7 Å². The van der Waals surface area contributed by atoms with Crippen LogP contribution in [0.15, 0.2) is 63.9 Å². The van der Waals surface area contributed by atoms with Crippen LogP contribution in [0.3, 0.4) is 0 Å². The second-order valence-electron chi connectivity index (χ2n) is 7.60. The van der Waals surface area contributed by atoms with Crippen molar-refractivity contribution in [1.29, 1.82) is 0 Å². The van der Waals surface area contributed by atoms with E-state index in [2.05, 4.69) is 6.07 Å². The van der Waals surface area contributed by atoms with E-state index in [0.717, 1.165) is 28.1 Å². The van der Waals surface area contributed by atoms with Gasteiger partial charge >= 0.3 is 0 Å². The van der Waals surface area contributed by atoms with Crippen molar-refractivity contribution in [1.82, 2.24) is 9.55 Å². The number of amides is 1. The summed E-state index contributed by atoms with van der Waals surface area (Å²) in [6, 6.07) is 15.7. The van der Waals surface area contributed by atoms with Gasteiger partial charge in [0, 0.05) is 12.7 Å². The van der Waals surface area contributed by atoms with Crippen molar-refractivity contribution in [2.24, 2.45) is 0 Å². The number of thiophene rings is 1. The Morgan fingerprint density at radius 3 is 2.52 bits per heavy atom. The number of nitrogens with zero attached hydrogens (tertiary/aromatic N) is 3. The van der Waals surface area contributed by atoms with Gasteiger partial charge in [-0.25, -0.2) is 4.98 Å². The summed E-state index contributed by atoms with van der Waals surface area (Å²) in [6.07, 6.45) is 0. The molecular weight excluding hydrogens is 426 g/mol. The molecule has 0 N–H and O–H groups in total. The summed E-state index contributed by atoms with van der Waals surface area (Å²) in [4.78, 5) is 32.5. The lowest BCUT2D eigenvalue weighted by atomic mass is 10.1. The zero-order valence-corrected chi connectivity index (χ0v) is 19.5. The Labute approximate surface area is 189 Å². The zero-order valence-electron chi connectivity index (χ0n) is 17.9. The molecule has 0 atom stereocenters. The fourth-order valence-corrected chi connectivity index (χ4v) is 5.19. The zero-order chi connectivity index (χ0) is 22.1. The molecule has 7 heteroatoms. The summed E-state index contributed by atoms with van der Waals surface area (Å²) < 4.78 is 2.25. The van der Waals surface area contributed by atoms with Gasteiger partial charge in [-0.3, -0.25) is 14.2 Å². The fraction of sp³-hybridized carbons (Fsp3) is 0.208. The summed E-state index contributed by atoms with van der Waals surface area (Å²) >= 11 is 2.67. The van der Waals surface area contributed by atoms with Gasteiger partial charge in [0.05, 0.1) is 17.0 Å². The number of hydrogen-bond donors (Lipinski definition) is 0. The minimum atomic E-state index is -0.105. The second-order valence-corrected chi connectivity index (χ2v) is 9.45. The summed E-state index contributed by atoms with van der Waals surface area (Å²) in [5.41, 5.74) is 5.41. The van der Waals surface area contributed by atoms with Crippen LogP contribution in [0.4, 0.5) is 5.69 Å². The average molecular weight is 450 g/mol. The summed E-state index contributed by atoms with van der Waals surface area (Å²) in [5.74, 6) is 0.124. The van der Waals surface area contributed by atoms with Crippen LogP contribution in [0, 0.1) is 20.8 Å². The Hall–Kier alpha value is -2.90. The molecule has 5 nitrogen and oxygen atoms in total. The van der Waals surface area contributed by atoms with Gasteiger partial charge in [0.2, 0.25) is 5.91 Å². The quantitative estimate of drug-likeness (QED) is 0.313. The number of aromatic nitrogens is 2. The molecule has 0 bridgehead atoms. The van der Waals surface area contributed by atoms with E-state index in [9.17, 15) is 9.59 Å². The van der Waals surface area contributed by atoms with Crippen molar-refractivity contribution in [3.05, 3.63) is 81.0 Å². The molecule has 0 aliphatic rings. The smallest absolute Gasteiger partial charge is 0.276 e. The second kappa shape index (κ2) is 8.69. The third-order valence-electron chi connectivity index (χ3n) is 5.00. The van der Waals surface area contributed by atoms with Crippen LogP contribution >= 0.6 is 23.1 Å².